The van der Waals surface area contributed by atoms with E-state index in [1.54, 1.807) is 11.8 Å². The van der Waals surface area contributed by atoms with Gasteiger partial charge in [-0.1, -0.05) is 132 Å². The Morgan fingerprint density at radius 3 is 1.65 bits per heavy atom. The van der Waals surface area contributed by atoms with Gasteiger partial charge < -0.3 is 4.74 Å². The number of benzene rings is 4. The van der Waals surface area contributed by atoms with Crippen molar-refractivity contribution in [2.24, 2.45) is 4.99 Å². The monoisotopic (exact) mass is 525 g/mol. The molecule has 0 aliphatic heterocycles. The zero-order valence-electron chi connectivity index (χ0n) is 18.1. The maximum atomic E-state index is 6.53. The Morgan fingerprint density at radius 2 is 1.12 bits per heavy atom. The first-order valence-electron chi connectivity index (χ1n) is 10.7. The molecule has 2 atom stereocenters. The van der Waals surface area contributed by atoms with Gasteiger partial charge in [0, 0.05) is 4.90 Å². The minimum absolute atomic E-state index is 0.0205. The topological polar surface area (TPSA) is 21.6 Å². The molecule has 0 aliphatic rings. The lowest BCUT2D eigenvalue weighted by Gasteiger charge is -2.30. The molecule has 0 aromatic heterocycles. The van der Waals surface area contributed by atoms with Gasteiger partial charge in [-0.3, -0.25) is 0 Å². The number of halogens is 3. The van der Waals surface area contributed by atoms with Crippen LogP contribution in [0, 0.1) is 0 Å². The number of aliphatic imine (C=N–C) groups is 1. The normalized spacial score (nSPS) is 13.8. The van der Waals surface area contributed by atoms with Crippen LogP contribution in [-0.4, -0.2) is 9.69 Å². The quantitative estimate of drug-likeness (QED) is 0.103. The molecule has 0 unspecified atom stereocenters. The third-order valence-corrected chi connectivity index (χ3v) is 6.81. The molecule has 0 radical (unpaired) electrons. The predicted molar refractivity (Wildman–Crippen MR) is 146 cm³/mol. The molecule has 0 N–H and O–H groups in total. The molecular weight excluding hydrogens is 505 g/mol. The second-order valence-electron chi connectivity index (χ2n) is 7.46. The van der Waals surface area contributed by atoms with E-state index in [4.69, 9.17) is 39.5 Å². The fraction of sp³-hybridized carbons (Fsp3) is 0.107. The maximum absolute atomic E-state index is 6.53. The van der Waals surface area contributed by atoms with E-state index in [1.165, 1.54) is 0 Å². The van der Waals surface area contributed by atoms with Crippen LogP contribution >= 0.6 is 46.6 Å². The lowest BCUT2D eigenvalue weighted by atomic mass is 10.0. The molecule has 4 aromatic carbocycles. The second-order valence-corrected chi connectivity index (χ2v) is 11.0. The Labute approximate surface area is 219 Å². The molecule has 0 saturated heterocycles. The molecule has 4 aromatic rings. The van der Waals surface area contributed by atoms with Gasteiger partial charge in [0.1, 0.15) is 6.10 Å². The van der Waals surface area contributed by atoms with Gasteiger partial charge in [0.25, 0.3) is 3.79 Å². The number of rotatable bonds is 7. The van der Waals surface area contributed by atoms with E-state index >= 15 is 0 Å². The molecule has 0 spiro atoms. The van der Waals surface area contributed by atoms with E-state index in [9.17, 15) is 0 Å². The van der Waals surface area contributed by atoms with Crippen molar-refractivity contribution in [3.05, 3.63) is 132 Å². The molecule has 0 heterocycles. The summed E-state index contributed by atoms with van der Waals surface area (Å²) in [5, 5.41) is -0.140. The van der Waals surface area contributed by atoms with Crippen molar-refractivity contribution in [3.63, 3.8) is 0 Å². The van der Waals surface area contributed by atoms with Crippen molar-refractivity contribution in [2.75, 3.05) is 0 Å². The van der Waals surface area contributed by atoms with Crippen LogP contribution in [-0.2, 0) is 4.74 Å². The SMILES string of the molecule is ClC(Cl)(Cl)C(=Nc1ccccc1)O[C@H](c1ccccc1)[C@H](Sc1ccccc1)c1ccccc1. The van der Waals surface area contributed by atoms with E-state index in [1.807, 2.05) is 97.1 Å². The van der Waals surface area contributed by atoms with Crippen molar-refractivity contribution in [1.29, 1.82) is 0 Å². The number of thioether (sulfide) groups is 1. The first kappa shape index (κ1) is 24.7. The van der Waals surface area contributed by atoms with Crippen molar-refractivity contribution in [3.8, 4) is 0 Å². The highest BCUT2D eigenvalue weighted by molar-refractivity contribution is 7.99. The third kappa shape index (κ3) is 6.80. The molecule has 0 aliphatic carbocycles. The number of ether oxygens (including phenoxy) is 1. The molecular formula is C28H22Cl3NOS. The Balaban J connectivity index is 1.80. The zero-order chi connectivity index (χ0) is 23.8. The van der Waals surface area contributed by atoms with Crippen molar-refractivity contribution < 1.29 is 4.74 Å². The molecule has 0 bridgehead atoms. The van der Waals surface area contributed by atoms with Gasteiger partial charge in [-0.15, -0.1) is 11.8 Å². The summed E-state index contributed by atoms with van der Waals surface area (Å²) in [5.74, 6) is 0.0205. The molecule has 6 heteroatoms. The lowest BCUT2D eigenvalue weighted by molar-refractivity contribution is 0.185. The fourth-order valence-corrected chi connectivity index (χ4v) is 4.93. The first-order valence-corrected chi connectivity index (χ1v) is 12.7. The summed E-state index contributed by atoms with van der Waals surface area (Å²) in [5.41, 5.74) is 2.69. The van der Waals surface area contributed by atoms with Crippen LogP contribution in [0.2, 0.25) is 0 Å². The van der Waals surface area contributed by atoms with E-state index in [0.717, 1.165) is 16.0 Å². The summed E-state index contributed by atoms with van der Waals surface area (Å²) < 4.78 is 4.68. The van der Waals surface area contributed by atoms with Gasteiger partial charge in [-0.05, 0) is 35.4 Å². The summed E-state index contributed by atoms with van der Waals surface area (Å²) >= 11 is 20.8. The summed E-state index contributed by atoms with van der Waals surface area (Å²) in [4.78, 5) is 5.68. The average Bonchev–Trinajstić information content (AvgIpc) is 2.87. The minimum Gasteiger partial charge on any atom is -0.468 e. The van der Waals surface area contributed by atoms with Gasteiger partial charge in [-0.25, -0.2) is 4.99 Å². The van der Waals surface area contributed by atoms with Crippen molar-refractivity contribution >= 4 is 58.1 Å². The molecule has 0 fully saturated rings. The number of alkyl halides is 3. The van der Waals surface area contributed by atoms with Crippen LogP contribution in [0.3, 0.4) is 0 Å². The molecule has 2 nitrogen and oxygen atoms in total. The smallest absolute Gasteiger partial charge is 0.266 e. The zero-order valence-corrected chi connectivity index (χ0v) is 21.2. The van der Waals surface area contributed by atoms with Crippen LogP contribution in [0.15, 0.2) is 131 Å². The molecule has 172 valence electrons. The molecule has 0 saturated carbocycles. The first-order chi connectivity index (χ1) is 16.5. The number of para-hydroxylation sites is 1. The van der Waals surface area contributed by atoms with Gasteiger partial charge in [0.2, 0.25) is 5.90 Å². The molecule has 4 rings (SSSR count). The Morgan fingerprint density at radius 1 is 0.647 bits per heavy atom. The van der Waals surface area contributed by atoms with Gasteiger partial charge in [-0.2, -0.15) is 0 Å². The number of hydrogen-bond donors (Lipinski definition) is 0. The van der Waals surface area contributed by atoms with Crippen LogP contribution in [0.5, 0.6) is 0 Å². The largest absolute Gasteiger partial charge is 0.468 e. The summed E-state index contributed by atoms with van der Waals surface area (Å²) in [6.45, 7) is 0. The van der Waals surface area contributed by atoms with Crippen LogP contribution in [0.25, 0.3) is 0 Å². The van der Waals surface area contributed by atoms with Crippen LogP contribution in [0.1, 0.15) is 22.5 Å². The second kappa shape index (κ2) is 11.8. The minimum atomic E-state index is -1.85. The lowest BCUT2D eigenvalue weighted by Crippen LogP contribution is -2.26. The predicted octanol–water partition coefficient (Wildman–Crippen LogP) is 9.38. The van der Waals surface area contributed by atoms with Crippen LogP contribution < -0.4 is 0 Å². The highest BCUT2D eigenvalue weighted by Gasteiger charge is 2.36. The van der Waals surface area contributed by atoms with Gasteiger partial charge in [0.15, 0.2) is 0 Å². The summed E-state index contributed by atoms with van der Waals surface area (Å²) in [6, 6.07) is 39.7. The van der Waals surface area contributed by atoms with Gasteiger partial charge >= 0.3 is 0 Å². The number of nitrogens with zero attached hydrogens (tertiary/aromatic N) is 1. The highest BCUT2D eigenvalue weighted by Crippen LogP contribution is 2.47. The Hall–Kier alpha value is -2.43. The standard InChI is InChI=1S/C28H22Cl3NOS/c29-28(30,31)27(32-23-17-9-3-10-18-23)33-25(21-13-5-1-6-14-21)26(22-15-7-2-8-16-22)34-24-19-11-4-12-20-24/h1-20,25-26H/t25-,26-/m1/s1. The van der Waals surface area contributed by atoms with E-state index in [0.29, 0.717) is 5.69 Å². The van der Waals surface area contributed by atoms with Crippen LogP contribution in [0.4, 0.5) is 5.69 Å². The van der Waals surface area contributed by atoms with Gasteiger partial charge in [0.05, 0.1) is 10.9 Å². The van der Waals surface area contributed by atoms with E-state index < -0.39 is 9.90 Å². The third-order valence-electron chi connectivity index (χ3n) is 5.01. The number of hydrogen-bond acceptors (Lipinski definition) is 3. The van der Waals surface area contributed by atoms with E-state index in [-0.39, 0.29) is 11.1 Å². The fourth-order valence-electron chi connectivity index (χ4n) is 3.44. The Bertz CT molecular complexity index is 1180. The highest BCUT2D eigenvalue weighted by atomic mass is 35.6. The van der Waals surface area contributed by atoms with Crippen molar-refractivity contribution in [1.82, 2.24) is 0 Å². The summed E-state index contributed by atoms with van der Waals surface area (Å²) in [7, 11) is 0. The van der Waals surface area contributed by atoms with Crippen molar-refractivity contribution in [2.45, 2.75) is 20.0 Å². The molecule has 0 amide bonds. The average molecular weight is 527 g/mol. The summed E-state index contributed by atoms with van der Waals surface area (Å²) in [6.07, 6.45) is -0.480. The van der Waals surface area contributed by atoms with E-state index in [2.05, 4.69) is 29.3 Å². The molecule has 34 heavy (non-hydrogen) atoms. The maximum Gasteiger partial charge on any atom is 0.266 e. The Kier molecular flexibility index (Phi) is 8.58.